The highest BCUT2D eigenvalue weighted by Crippen LogP contribution is 2.48. The lowest BCUT2D eigenvalue weighted by Gasteiger charge is -2.26. The minimum absolute atomic E-state index is 0.0674. The van der Waals surface area contributed by atoms with E-state index in [-0.39, 0.29) is 54.9 Å². The molecule has 146 valence electrons. The van der Waals surface area contributed by atoms with Gasteiger partial charge >= 0.3 is 0 Å². The summed E-state index contributed by atoms with van der Waals surface area (Å²) in [6.07, 6.45) is -0.676. The molecule has 2 saturated heterocycles. The maximum absolute atomic E-state index is 12.9. The maximum Gasteiger partial charge on any atom is 0.271 e. The predicted octanol–water partition coefficient (Wildman–Crippen LogP) is -1.87. The Morgan fingerprint density at radius 3 is 2.35 bits per heavy atom. The molecule has 3 unspecified atom stereocenters. The largest absolute Gasteiger partial charge is 0.382 e. The molecule has 12 heteroatoms. The lowest BCUT2D eigenvalue weighted by Crippen LogP contribution is -2.33. The zero-order valence-electron chi connectivity index (χ0n) is 17.0. The zero-order chi connectivity index (χ0) is 19.5. The highest BCUT2D eigenvalue weighted by atomic mass is 31.2. The van der Waals surface area contributed by atoms with Gasteiger partial charge in [0, 0.05) is 32.1 Å². The third kappa shape index (κ3) is 5.19. The van der Waals surface area contributed by atoms with Crippen molar-refractivity contribution in [1.29, 1.82) is 0 Å². The molecule has 0 aliphatic carbocycles. The summed E-state index contributed by atoms with van der Waals surface area (Å²) in [5.74, 6) is 0.342. The normalized spacial score (nSPS) is 42.6. The van der Waals surface area contributed by atoms with Crippen molar-refractivity contribution in [2.75, 3.05) is 27.4 Å². The molecule has 0 bridgehead atoms. The van der Waals surface area contributed by atoms with Gasteiger partial charge in [-0.3, -0.25) is 4.57 Å². The Hall–Kier alpha value is 0.250. The molecule has 0 aromatic rings. The van der Waals surface area contributed by atoms with Gasteiger partial charge in [0.2, 0.25) is 0 Å². The second kappa shape index (κ2) is 9.64. The average molecular weight is 386 g/mol. The molecule has 0 radical (unpaired) electrons. The van der Waals surface area contributed by atoms with E-state index in [9.17, 15) is 4.57 Å². The second-order valence-corrected chi connectivity index (χ2v) is 9.52. The van der Waals surface area contributed by atoms with Gasteiger partial charge in [0.25, 0.3) is 15.0 Å². The van der Waals surface area contributed by atoms with Crippen molar-refractivity contribution in [1.82, 2.24) is 0 Å². The Morgan fingerprint density at radius 2 is 1.77 bits per heavy atom. The molecule has 7 nitrogen and oxygen atoms in total. The Labute approximate surface area is 160 Å². The van der Waals surface area contributed by atoms with Gasteiger partial charge < -0.3 is 28.0 Å². The molecule has 2 aliphatic rings. The number of methoxy groups -OCH3 is 2. The van der Waals surface area contributed by atoms with Gasteiger partial charge in [-0.2, -0.15) is 0 Å². The first-order valence-corrected chi connectivity index (χ1v) is 11.5. The summed E-state index contributed by atoms with van der Waals surface area (Å²) in [7, 11) is 6.48. The SMILES string of the molecule is BB[C@@H]1O[C@H](COP(B)(=O)OC2[C@H](B)O[C@H](COC)[C@@H]2C)[C@H](OC)C1C. The van der Waals surface area contributed by atoms with Gasteiger partial charge in [-0.1, -0.05) is 13.8 Å². The van der Waals surface area contributed by atoms with Crippen LogP contribution < -0.4 is 0 Å². The van der Waals surface area contributed by atoms with Crippen molar-refractivity contribution in [3.05, 3.63) is 0 Å². The van der Waals surface area contributed by atoms with E-state index in [2.05, 4.69) is 14.7 Å². The summed E-state index contributed by atoms with van der Waals surface area (Å²) in [5.41, 5.74) is 0. The van der Waals surface area contributed by atoms with Crippen LogP contribution in [0.3, 0.4) is 0 Å². The molecule has 0 N–H and O–H groups in total. The molecule has 0 aromatic heterocycles. The molecule has 26 heavy (non-hydrogen) atoms. The molecule has 2 heterocycles. The van der Waals surface area contributed by atoms with Gasteiger partial charge in [-0.05, 0) is 0 Å². The molecule has 0 aromatic carbocycles. The van der Waals surface area contributed by atoms with Gasteiger partial charge in [-0.15, -0.1) is 0 Å². The Bertz CT molecular complexity index is 502. The molecular weight excluding hydrogens is 354 g/mol. The van der Waals surface area contributed by atoms with Crippen LogP contribution in [-0.4, -0.2) is 94.2 Å². The van der Waals surface area contributed by atoms with E-state index in [1.807, 2.05) is 14.8 Å². The fraction of sp³-hybridized carbons (Fsp3) is 1.00. The molecule has 0 spiro atoms. The van der Waals surface area contributed by atoms with Crippen molar-refractivity contribution in [2.45, 2.75) is 50.3 Å². The first-order chi connectivity index (χ1) is 12.2. The molecular formula is C14H31B4O7P. The van der Waals surface area contributed by atoms with Crippen LogP contribution in [0.4, 0.5) is 0 Å². The predicted molar refractivity (Wildman–Crippen MR) is 110 cm³/mol. The molecule has 2 rings (SSSR count). The van der Waals surface area contributed by atoms with E-state index in [0.29, 0.717) is 6.61 Å². The number of rotatable bonds is 9. The van der Waals surface area contributed by atoms with Crippen molar-refractivity contribution in [3.63, 3.8) is 0 Å². The van der Waals surface area contributed by atoms with Gasteiger partial charge in [0.15, 0.2) is 0 Å². The van der Waals surface area contributed by atoms with Crippen molar-refractivity contribution in [2.24, 2.45) is 11.8 Å². The maximum atomic E-state index is 12.9. The summed E-state index contributed by atoms with van der Waals surface area (Å²) in [6.45, 7) is 4.80. The van der Waals surface area contributed by atoms with Crippen LogP contribution >= 0.6 is 7.47 Å². The van der Waals surface area contributed by atoms with E-state index < -0.39 is 7.47 Å². The third-order valence-corrected chi connectivity index (χ3v) is 6.81. The minimum Gasteiger partial charge on any atom is -0.382 e. The Balaban J connectivity index is 1.91. The monoisotopic (exact) mass is 386 g/mol. The van der Waals surface area contributed by atoms with Crippen molar-refractivity contribution in [3.8, 4) is 0 Å². The van der Waals surface area contributed by atoms with Gasteiger partial charge in [0.1, 0.15) is 21.1 Å². The molecule has 2 fully saturated rings. The van der Waals surface area contributed by atoms with Crippen LogP contribution in [0, 0.1) is 11.8 Å². The second-order valence-electron chi connectivity index (χ2n) is 7.51. The van der Waals surface area contributed by atoms with E-state index in [1.54, 1.807) is 14.2 Å². The van der Waals surface area contributed by atoms with Gasteiger partial charge in [-0.25, -0.2) is 0 Å². The lowest BCUT2D eigenvalue weighted by molar-refractivity contribution is -0.0215. The van der Waals surface area contributed by atoms with Crippen LogP contribution in [0.1, 0.15) is 13.8 Å². The lowest BCUT2D eigenvalue weighted by atomic mass is 9.49. The first kappa shape index (κ1) is 22.5. The summed E-state index contributed by atoms with van der Waals surface area (Å²) >= 11 is 0. The van der Waals surface area contributed by atoms with Crippen molar-refractivity contribution >= 4 is 37.8 Å². The van der Waals surface area contributed by atoms with Crippen LogP contribution in [0.15, 0.2) is 0 Å². The van der Waals surface area contributed by atoms with E-state index in [1.165, 1.54) is 7.57 Å². The first-order valence-electron chi connectivity index (χ1n) is 9.47. The van der Waals surface area contributed by atoms with Gasteiger partial charge in [0.05, 0.1) is 45.3 Å². The van der Waals surface area contributed by atoms with Crippen LogP contribution in [0.25, 0.3) is 0 Å². The number of hydrogen-bond acceptors (Lipinski definition) is 7. The molecule has 0 saturated carbocycles. The fourth-order valence-corrected chi connectivity index (χ4v) is 5.34. The van der Waals surface area contributed by atoms with Crippen LogP contribution in [0.5, 0.6) is 0 Å². The highest BCUT2D eigenvalue weighted by Gasteiger charge is 2.44. The number of hydrogen-bond donors (Lipinski definition) is 0. The fourth-order valence-electron chi connectivity index (χ4n) is 4.06. The Kier molecular flexibility index (Phi) is 8.35. The van der Waals surface area contributed by atoms with E-state index in [4.69, 9.17) is 28.0 Å². The quantitative estimate of drug-likeness (QED) is 0.340. The Morgan fingerprint density at radius 1 is 1.08 bits per heavy atom. The van der Waals surface area contributed by atoms with Crippen molar-refractivity contribution < 1.29 is 32.6 Å². The molecule has 0 amide bonds. The summed E-state index contributed by atoms with van der Waals surface area (Å²) < 4.78 is 47.1. The molecule has 2 aliphatic heterocycles. The minimum atomic E-state index is -3.26. The average Bonchev–Trinajstić information content (AvgIpc) is 3.04. The topological polar surface area (TPSA) is 72.5 Å². The van der Waals surface area contributed by atoms with Crippen LogP contribution in [-0.2, 0) is 32.6 Å². The molecule has 9 atom stereocenters. The smallest absolute Gasteiger partial charge is 0.271 e. The summed E-state index contributed by atoms with van der Waals surface area (Å²) in [6, 6.07) is -0.0373. The summed E-state index contributed by atoms with van der Waals surface area (Å²) in [4.78, 5) is 0. The summed E-state index contributed by atoms with van der Waals surface area (Å²) in [5, 5.41) is 0. The number of ether oxygens (including phenoxy) is 4. The third-order valence-electron chi connectivity index (χ3n) is 5.57. The zero-order valence-corrected chi connectivity index (χ0v) is 17.9. The standard InChI is InChI=1S/C14H31B4O7P/c1-7-9(5-20-3)23-13(15)12(7)25-26(17,19)22-6-10-11(21-4)8(2)14(18-16)24-10/h7-14,18H,5-6,15-17H2,1-4H3/t7-,8?,9+,10+,11+,12?,13+,14+,26?/m0/s1. The van der Waals surface area contributed by atoms with E-state index in [0.717, 1.165) is 7.17 Å². The van der Waals surface area contributed by atoms with E-state index >= 15 is 0 Å². The van der Waals surface area contributed by atoms with Crippen LogP contribution in [0.2, 0.25) is 0 Å². The highest BCUT2D eigenvalue weighted by molar-refractivity contribution is 7.79.